The highest BCUT2D eigenvalue weighted by Gasteiger charge is 2.22. The van der Waals surface area contributed by atoms with Crippen molar-refractivity contribution < 1.29 is 19.1 Å². The third kappa shape index (κ3) is 31.9. The fourth-order valence-electron chi connectivity index (χ4n) is 6.10. The average molecular weight is 667 g/mol. The molecule has 0 rings (SSSR count). The number of hydrogen-bond acceptors (Lipinski definition) is 4. The minimum atomic E-state index is -0.327. The van der Waals surface area contributed by atoms with E-state index in [9.17, 15) is 9.59 Å². The van der Waals surface area contributed by atoms with Gasteiger partial charge in [-0.2, -0.15) is 0 Å². The van der Waals surface area contributed by atoms with Crippen LogP contribution in [0.4, 0.5) is 0 Å². The van der Waals surface area contributed by atoms with Gasteiger partial charge in [-0.05, 0) is 59.3 Å². The first-order chi connectivity index (χ1) is 22.5. The summed E-state index contributed by atoms with van der Waals surface area (Å²) in [5.74, 6) is 0.483. The van der Waals surface area contributed by atoms with Gasteiger partial charge in [-0.1, -0.05) is 142 Å². The van der Waals surface area contributed by atoms with Gasteiger partial charge >= 0.3 is 0 Å². The largest absolute Gasteiger partial charge is 0.379 e. The molecular weight excluding hydrogens is 584 g/mol. The Balaban J connectivity index is 4.34. The van der Waals surface area contributed by atoms with Gasteiger partial charge in [-0.15, -0.1) is 0 Å². The third-order valence-corrected chi connectivity index (χ3v) is 9.90. The minimum Gasteiger partial charge on any atom is -0.379 e. The summed E-state index contributed by atoms with van der Waals surface area (Å²) in [6.07, 6.45) is 31.6. The van der Waals surface area contributed by atoms with E-state index in [1.165, 1.54) is 141 Å². The normalized spacial score (nSPS) is 12.2. The number of carbonyl (C=O) groups is 2. The van der Waals surface area contributed by atoms with Crippen LogP contribution in [-0.2, 0) is 19.1 Å². The SMILES string of the molecule is CCCCCCCCCCCCC(CCCCCCCCCCCC)CNC(=O)CCC(=O)NCCC(C)(C)OCCC(C)(C)OC. The van der Waals surface area contributed by atoms with Crippen LogP contribution in [0.5, 0.6) is 0 Å². The Labute approximate surface area is 293 Å². The molecule has 0 saturated carbocycles. The topological polar surface area (TPSA) is 76.7 Å². The molecule has 0 aromatic heterocycles. The first kappa shape index (κ1) is 45.9. The fraction of sp³-hybridized carbons (Fsp3) is 0.951. The Hall–Kier alpha value is -1.14. The lowest BCUT2D eigenvalue weighted by Gasteiger charge is -2.29. The van der Waals surface area contributed by atoms with E-state index < -0.39 is 0 Å². The standard InChI is InChI=1S/C41H82N2O4/c1-8-10-12-14-16-18-20-22-24-26-28-37(29-27-25-23-21-19-17-15-13-11-9-2)36-43-39(45)31-30-38(44)42-34-32-41(5,6)47-35-33-40(3,4)46-7/h37H,8-36H2,1-7H3,(H,42,44)(H,43,45). The lowest BCUT2D eigenvalue weighted by molar-refractivity contribution is -0.126. The van der Waals surface area contributed by atoms with Crippen molar-refractivity contribution in [2.24, 2.45) is 5.92 Å². The van der Waals surface area contributed by atoms with Crippen molar-refractivity contribution in [2.45, 2.75) is 220 Å². The summed E-state index contributed by atoms with van der Waals surface area (Å²) in [6.45, 7) is 14.7. The number of rotatable bonds is 35. The number of methoxy groups -OCH3 is 1. The molecule has 0 unspecified atom stereocenters. The van der Waals surface area contributed by atoms with Gasteiger partial charge in [0.1, 0.15) is 0 Å². The van der Waals surface area contributed by atoms with Gasteiger partial charge < -0.3 is 20.1 Å². The Morgan fingerprint density at radius 1 is 0.553 bits per heavy atom. The lowest BCUT2D eigenvalue weighted by Crippen LogP contribution is -2.35. The third-order valence-electron chi connectivity index (χ3n) is 9.90. The molecule has 6 nitrogen and oxygen atoms in total. The molecule has 0 saturated heterocycles. The number of nitrogens with one attached hydrogen (secondary N) is 2. The van der Waals surface area contributed by atoms with Crippen molar-refractivity contribution >= 4 is 11.8 Å². The summed E-state index contributed by atoms with van der Waals surface area (Å²) < 4.78 is 11.5. The highest BCUT2D eigenvalue weighted by Crippen LogP contribution is 2.21. The zero-order chi connectivity index (χ0) is 35.1. The summed E-state index contributed by atoms with van der Waals surface area (Å²) >= 11 is 0. The van der Waals surface area contributed by atoms with Crippen molar-refractivity contribution in [1.29, 1.82) is 0 Å². The molecule has 0 aliphatic heterocycles. The maximum atomic E-state index is 12.7. The Kier molecular flexibility index (Phi) is 30.1. The van der Waals surface area contributed by atoms with E-state index in [0.717, 1.165) is 19.4 Å². The van der Waals surface area contributed by atoms with Gasteiger partial charge in [0.25, 0.3) is 0 Å². The first-order valence-corrected chi connectivity index (χ1v) is 20.3. The van der Waals surface area contributed by atoms with Crippen LogP contribution in [-0.4, -0.2) is 49.8 Å². The summed E-state index contributed by atoms with van der Waals surface area (Å²) in [6, 6.07) is 0. The number of hydrogen-bond donors (Lipinski definition) is 2. The Morgan fingerprint density at radius 2 is 0.957 bits per heavy atom. The summed E-state index contributed by atoms with van der Waals surface area (Å²) in [7, 11) is 1.72. The smallest absolute Gasteiger partial charge is 0.220 e. The molecule has 0 aliphatic carbocycles. The number of ether oxygens (including phenoxy) is 2. The van der Waals surface area contributed by atoms with E-state index in [1.54, 1.807) is 7.11 Å². The summed E-state index contributed by atoms with van der Waals surface area (Å²) in [4.78, 5) is 25.1. The van der Waals surface area contributed by atoms with Crippen LogP contribution < -0.4 is 10.6 Å². The second-order valence-corrected chi connectivity index (χ2v) is 15.5. The first-order valence-electron chi connectivity index (χ1n) is 20.3. The van der Waals surface area contributed by atoms with Gasteiger partial charge in [0.05, 0.1) is 17.8 Å². The van der Waals surface area contributed by atoms with E-state index in [2.05, 4.69) is 38.3 Å². The molecule has 0 aromatic carbocycles. The molecule has 2 N–H and O–H groups in total. The average Bonchev–Trinajstić information content (AvgIpc) is 3.03. The second-order valence-electron chi connectivity index (χ2n) is 15.5. The van der Waals surface area contributed by atoms with Crippen LogP contribution in [0.25, 0.3) is 0 Å². The van der Waals surface area contributed by atoms with E-state index >= 15 is 0 Å². The van der Waals surface area contributed by atoms with E-state index in [-0.39, 0.29) is 35.9 Å². The number of amides is 2. The summed E-state index contributed by atoms with van der Waals surface area (Å²) in [5.41, 5.74) is -0.531. The van der Waals surface area contributed by atoms with Gasteiger partial charge in [0.2, 0.25) is 11.8 Å². The predicted octanol–water partition coefficient (Wildman–Crippen LogP) is 11.2. The van der Waals surface area contributed by atoms with Crippen molar-refractivity contribution in [3.8, 4) is 0 Å². The molecule has 6 heteroatoms. The molecule has 0 atom stereocenters. The van der Waals surface area contributed by atoms with Crippen molar-refractivity contribution in [1.82, 2.24) is 10.6 Å². The lowest BCUT2D eigenvalue weighted by atomic mass is 9.93. The van der Waals surface area contributed by atoms with Crippen LogP contribution in [0.1, 0.15) is 208 Å². The number of carbonyl (C=O) groups excluding carboxylic acids is 2. The zero-order valence-electron chi connectivity index (χ0n) is 32.7. The van der Waals surface area contributed by atoms with E-state index in [0.29, 0.717) is 19.1 Å². The van der Waals surface area contributed by atoms with Crippen LogP contribution in [0.15, 0.2) is 0 Å². The quantitative estimate of drug-likeness (QED) is 0.0660. The Bertz CT molecular complexity index is 700. The maximum Gasteiger partial charge on any atom is 0.220 e. The highest BCUT2D eigenvalue weighted by atomic mass is 16.5. The molecule has 0 aromatic rings. The minimum absolute atomic E-state index is 0.000664. The van der Waals surface area contributed by atoms with Gasteiger partial charge in [-0.3, -0.25) is 9.59 Å². The van der Waals surface area contributed by atoms with Crippen LogP contribution in [0, 0.1) is 5.92 Å². The molecule has 0 radical (unpaired) electrons. The van der Waals surface area contributed by atoms with Crippen molar-refractivity contribution in [3.05, 3.63) is 0 Å². The molecule has 280 valence electrons. The van der Waals surface area contributed by atoms with E-state index in [4.69, 9.17) is 9.47 Å². The van der Waals surface area contributed by atoms with Crippen LogP contribution in [0.2, 0.25) is 0 Å². The molecule has 0 heterocycles. The molecule has 2 amide bonds. The van der Waals surface area contributed by atoms with Gasteiger partial charge in [-0.25, -0.2) is 0 Å². The van der Waals surface area contributed by atoms with Gasteiger partial charge in [0.15, 0.2) is 0 Å². The second kappa shape index (κ2) is 30.9. The molecule has 0 bridgehead atoms. The predicted molar refractivity (Wildman–Crippen MR) is 202 cm³/mol. The molecule has 47 heavy (non-hydrogen) atoms. The summed E-state index contributed by atoms with van der Waals surface area (Å²) in [5, 5.41) is 6.16. The fourth-order valence-corrected chi connectivity index (χ4v) is 6.10. The zero-order valence-corrected chi connectivity index (χ0v) is 32.7. The maximum absolute atomic E-state index is 12.7. The van der Waals surface area contributed by atoms with E-state index in [1.807, 2.05) is 13.8 Å². The van der Waals surface area contributed by atoms with Gasteiger partial charge in [0, 0.05) is 33.0 Å². The van der Waals surface area contributed by atoms with Crippen molar-refractivity contribution in [2.75, 3.05) is 26.8 Å². The monoisotopic (exact) mass is 667 g/mol. The molecule has 0 fully saturated rings. The molecular formula is C41H82N2O4. The van der Waals surface area contributed by atoms with Crippen LogP contribution >= 0.6 is 0 Å². The van der Waals surface area contributed by atoms with Crippen LogP contribution in [0.3, 0.4) is 0 Å². The van der Waals surface area contributed by atoms with Crippen molar-refractivity contribution in [3.63, 3.8) is 0 Å². The molecule has 0 aliphatic rings. The number of unbranched alkanes of at least 4 members (excludes halogenated alkanes) is 18. The molecule has 0 spiro atoms. The highest BCUT2D eigenvalue weighted by molar-refractivity contribution is 5.83. The Morgan fingerprint density at radius 3 is 1.38 bits per heavy atom.